The second kappa shape index (κ2) is 4.70. The van der Waals surface area contributed by atoms with E-state index in [4.69, 9.17) is 11.6 Å². The second-order valence-electron chi connectivity index (χ2n) is 5.06. The van der Waals surface area contributed by atoms with Crippen molar-refractivity contribution in [2.75, 3.05) is 18.0 Å². The normalized spacial score (nSPS) is 14.5. The minimum absolute atomic E-state index is 0.113. The summed E-state index contributed by atoms with van der Waals surface area (Å²) in [5.41, 5.74) is 3.32. The summed E-state index contributed by atoms with van der Waals surface area (Å²) in [6.45, 7) is 2.08. The topological polar surface area (TPSA) is 33.4 Å². The van der Waals surface area contributed by atoms with E-state index in [1.165, 1.54) is 12.5 Å². The summed E-state index contributed by atoms with van der Waals surface area (Å²) in [5.74, 6) is -0.442. The standard InChI is InChI=1S/C15H12ClFN4/c16-11-3-2-10(8-12(11)17)14-9-18-15-13(20-6-1-7-20)4-5-19-21(14)15/h2-5,8-9H,1,6-7H2. The third-order valence-electron chi connectivity index (χ3n) is 3.79. The first kappa shape index (κ1) is 12.6. The van der Waals surface area contributed by atoms with Crippen molar-refractivity contribution in [1.82, 2.24) is 14.6 Å². The fourth-order valence-corrected chi connectivity index (χ4v) is 2.66. The van der Waals surface area contributed by atoms with Gasteiger partial charge >= 0.3 is 0 Å². The first-order valence-corrected chi connectivity index (χ1v) is 7.15. The molecule has 0 amide bonds. The molecule has 6 heteroatoms. The highest BCUT2D eigenvalue weighted by molar-refractivity contribution is 6.30. The maximum Gasteiger partial charge on any atom is 0.177 e. The minimum atomic E-state index is -0.442. The summed E-state index contributed by atoms with van der Waals surface area (Å²) in [6.07, 6.45) is 4.66. The van der Waals surface area contributed by atoms with Gasteiger partial charge in [-0.05, 0) is 24.6 Å². The molecule has 0 N–H and O–H groups in total. The molecule has 1 aliphatic rings. The van der Waals surface area contributed by atoms with Crippen LogP contribution in [0.5, 0.6) is 0 Å². The van der Waals surface area contributed by atoms with Gasteiger partial charge in [-0.25, -0.2) is 13.9 Å². The van der Waals surface area contributed by atoms with Gasteiger partial charge in [0.25, 0.3) is 0 Å². The van der Waals surface area contributed by atoms with Crippen molar-refractivity contribution in [3.05, 3.63) is 47.5 Å². The average Bonchev–Trinajstić information content (AvgIpc) is 2.85. The van der Waals surface area contributed by atoms with E-state index in [-0.39, 0.29) is 5.02 Å². The van der Waals surface area contributed by atoms with Gasteiger partial charge in [0.2, 0.25) is 0 Å². The number of fused-ring (bicyclic) bond motifs is 1. The van der Waals surface area contributed by atoms with Crippen LogP contribution in [0.15, 0.2) is 36.7 Å². The fraction of sp³-hybridized carbons (Fsp3) is 0.200. The molecule has 3 aromatic rings. The lowest BCUT2D eigenvalue weighted by Crippen LogP contribution is -2.37. The number of aromatic nitrogens is 3. The predicted octanol–water partition coefficient (Wildman–Crippen LogP) is 3.40. The first-order valence-electron chi connectivity index (χ1n) is 6.77. The number of benzene rings is 1. The van der Waals surface area contributed by atoms with E-state index in [0.717, 1.165) is 30.1 Å². The average molecular weight is 303 g/mol. The van der Waals surface area contributed by atoms with Gasteiger partial charge in [0.05, 0.1) is 28.8 Å². The van der Waals surface area contributed by atoms with Crippen LogP contribution in [0, 0.1) is 5.82 Å². The lowest BCUT2D eigenvalue weighted by Gasteiger charge is -2.32. The van der Waals surface area contributed by atoms with E-state index in [0.29, 0.717) is 5.56 Å². The van der Waals surface area contributed by atoms with Gasteiger partial charge in [-0.1, -0.05) is 17.7 Å². The van der Waals surface area contributed by atoms with Gasteiger partial charge in [0, 0.05) is 18.7 Å². The lowest BCUT2D eigenvalue weighted by atomic mass is 10.1. The Hall–Kier alpha value is -2.14. The monoisotopic (exact) mass is 302 g/mol. The number of hydrogen-bond donors (Lipinski definition) is 0. The molecule has 0 unspecified atom stereocenters. The van der Waals surface area contributed by atoms with Crippen molar-refractivity contribution in [3.8, 4) is 11.3 Å². The molecule has 1 aliphatic heterocycles. The Morgan fingerprint density at radius 3 is 2.76 bits per heavy atom. The highest BCUT2D eigenvalue weighted by Gasteiger charge is 2.19. The van der Waals surface area contributed by atoms with Crippen molar-refractivity contribution < 1.29 is 4.39 Å². The van der Waals surface area contributed by atoms with Crippen LogP contribution in [0.4, 0.5) is 10.1 Å². The van der Waals surface area contributed by atoms with Crippen molar-refractivity contribution >= 4 is 22.9 Å². The van der Waals surface area contributed by atoms with Crippen molar-refractivity contribution in [2.24, 2.45) is 0 Å². The largest absolute Gasteiger partial charge is 0.368 e. The van der Waals surface area contributed by atoms with Crippen LogP contribution < -0.4 is 4.90 Å². The van der Waals surface area contributed by atoms with Crippen molar-refractivity contribution in [2.45, 2.75) is 6.42 Å². The molecule has 3 heterocycles. The molecule has 0 radical (unpaired) electrons. The molecule has 0 spiro atoms. The minimum Gasteiger partial charge on any atom is -0.368 e. The zero-order valence-electron chi connectivity index (χ0n) is 11.1. The van der Waals surface area contributed by atoms with Crippen LogP contribution in [0.2, 0.25) is 5.02 Å². The van der Waals surface area contributed by atoms with Crippen LogP contribution >= 0.6 is 11.6 Å². The molecule has 2 aromatic heterocycles. The van der Waals surface area contributed by atoms with Crippen LogP contribution in [-0.4, -0.2) is 27.7 Å². The smallest absolute Gasteiger partial charge is 0.177 e. The van der Waals surface area contributed by atoms with Gasteiger partial charge in [0.1, 0.15) is 5.82 Å². The summed E-state index contributed by atoms with van der Waals surface area (Å²) in [5, 5.41) is 4.46. The number of nitrogens with zero attached hydrogens (tertiary/aromatic N) is 4. The van der Waals surface area contributed by atoms with Gasteiger partial charge in [-0.15, -0.1) is 0 Å². The first-order chi connectivity index (χ1) is 10.2. The maximum atomic E-state index is 13.7. The molecule has 0 aliphatic carbocycles. The number of halogens is 2. The van der Waals surface area contributed by atoms with Crippen LogP contribution in [0.1, 0.15) is 6.42 Å². The van der Waals surface area contributed by atoms with Crippen LogP contribution in [0.3, 0.4) is 0 Å². The quantitative estimate of drug-likeness (QED) is 0.727. The molecular formula is C15H12ClFN4. The summed E-state index contributed by atoms with van der Waals surface area (Å²) in [4.78, 5) is 6.71. The third-order valence-corrected chi connectivity index (χ3v) is 4.10. The third kappa shape index (κ3) is 1.96. The molecule has 0 saturated carbocycles. The molecule has 1 fully saturated rings. The SMILES string of the molecule is Fc1cc(-c2cnc3c(N4CCC4)ccnn23)ccc1Cl. The highest BCUT2D eigenvalue weighted by atomic mass is 35.5. The number of rotatable bonds is 2. The Morgan fingerprint density at radius 2 is 2.05 bits per heavy atom. The van der Waals surface area contributed by atoms with Gasteiger partial charge < -0.3 is 4.90 Å². The molecular weight excluding hydrogens is 291 g/mol. The molecule has 0 atom stereocenters. The number of imidazole rings is 1. The van der Waals surface area contributed by atoms with E-state index in [2.05, 4.69) is 15.0 Å². The maximum absolute atomic E-state index is 13.7. The van der Waals surface area contributed by atoms with Gasteiger partial charge in [-0.2, -0.15) is 5.10 Å². The van der Waals surface area contributed by atoms with Crippen molar-refractivity contribution in [3.63, 3.8) is 0 Å². The number of hydrogen-bond acceptors (Lipinski definition) is 3. The van der Waals surface area contributed by atoms with E-state index < -0.39 is 5.82 Å². The van der Waals surface area contributed by atoms with E-state index in [1.807, 2.05) is 6.07 Å². The summed E-state index contributed by atoms with van der Waals surface area (Å²) >= 11 is 5.73. The van der Waals surface area contributed by atoms with Crippen molar-refractivity contribution in [1.29, 1.82) is 0 Å². The van der Waals surface area contributed by atoms with Gasteiger partial charge in [-0.3, -0.25) is 0 Å². The second-order valence-corrected chi connectivity index (χ2v) is 5.47. The van der Waals surface area contributed by atoms with Crippen LogP contribution in [-0.2, 0) is 0 Å². The molecule has 0 bridgehead atoms. The molecule has 1 saturated heterocycles. The summed E-state index contributed by atoms with van der Waals surface area (Å²) in [6, 6.07) is 6.69. The molecule has 1 aromatic carbocycles. The predicted molar refractivity (Wildman–Crippen MR) is 80.2 cm³/mol. The highest BCUT2D eigenvalue weighted by Crippen LogP contribution is 2.29. The van der Waals surface area contributed by atoms with Gasteiger partial charge in [0.15, 0.2) is 5.65 Å². The van der Waals surface area contributed by atoms with E-state index in [9.17, 15) is 4.39 Å². The van der Waals surface area contributed by atoms with Crippen LogP contribution in [0.25, 0.3) is 16.9 Å². The van der Waals surface area contributed by atoms with E-state index >= 15 is 0 Å². The summed E-state index contributed by atoms with van der Waals surface area (Å²) < 4.78 is 15.4. The molecule has 4 rings (SSSR count). The Morgan fingerprint density at radius 1 is 1.19 bits per heavy atom. The zero-order chi connectivity index (χ0) is 14.4. The molecule has 21 heavy (non-hydrogen) atoms. The Bertz CT molecular complexity index is 826. The fourth-order valence-electron chi connectivity index (χ4n) is 2.54. The molecule has 4 nitrogen and oxygen atoms in total. The summed E-state index contributed by atoms with van der Waals surface area (Å²) in [7, 11) is 0. The Kier molecular flexibility index (Phi) is 2.82. The number of anilines is 1. The van der Waals surface area contributed by atoms with E-state index in [1.54, 1.807) is 29.0 Å². The lowest BCUT2D eigenvalue weighted by molar-refractivity contribution is 0.617. The Labute approximate surface area is 125 Å². The Balaban J connectivity index is 1.88. The zero-order valence-corrected chi connectivity index (χ0v) is 11.9. The molecule has 106 valence electrons.